The van der Waals surface area contributed by atoms with E-state index in [0.717, 1.165) is 0 Å². The van der Waals surface area contributed by atoms with Gasteiger partial charge in [0.15, 0.2) is 0 Å². The molecule has 4 nitrogen and oxygen atoms in total. The van der Waals surface area contributed by atoms with Crippen LogP contribution in [0.4, 0.5) is 4.39 Å². The topological polar surface area (TPSA) is 66.4 Å². The molecular weight excluding hydrogens is 261 g/mol. The summed E-state index contributed by atoms with van der Waals surface area (Å²) in [5.74, 6) is -1.80. The lowest BCUT2D eigenvalue weighted by Crippen LogP contribution is -2.31. The highest BCUT2D eigenvalue weighted by Gasteiger charge is 2.17. The van der Waals surface area contributed by atoms with Crippen molar-refractivity contribution in [3.63, 3.8) is 0 Å². The van der Waals surface area contributed by atoms with Gasteiger partial charge in [-0.3, -0.25) is 9.59 Å². The predicted molar refractivity (Wildman–Crippen MR) is 73.9 cm³/mol. The molecular formula is C15H20FNO3. The van der Waals surface area contributed by atoms with E-state index in [4.69, 9.17) is 5.11 Å². The minimum atomic E-state index is -0.893. The van der Waals surface area contributed by atoms with E-state index in [1.165, 1.54) is 18.2 Å². The Labute approximate surface area is 118 Å². The molecule has 0 aliphatic carbocycles. The number of carbonyl (C=O) groups is 2. The van der Waals surface area contributed by atoms with Crippen molar-refractivity contribution in [1.82, 2.24) is 5.32 Å². The van der Waals surface area contributed by atoms with E-state index in [9.17, 15) is 14.0 Å². The average Bonchev–Trinajstić information content (AvgIpc) is 2.34. The summed E-state index contributed by atoms with van der Waals surface area (Å²) in [4.78, 5) is 22.6. The summed E-state index contributed by atoms with van der Waals surface area (Å²) < 4.78 is 13.4. The molecule has 0 unspecified atom stereocenters. The predicted octanol–water partition coefficient (Wildman–Crippen LogP) is 2.69. The Morgan fingerprint density at radius 3 is 2.50 bits per heavy atom. The van der Waals surface area contributed by atoms with Crippen LogP contribution in [-0.4, -0.2) is 23.5 Å². The van der Waals surface area contributed by atoms with Crippen LogP contribution >= 0.6 is 0 Å². The molecule has 1 atom stereocenters. The monoisotopic (exact) mass is 281 g/mol. The van der Waals surface area contributed by atoms with Crippen molar-refractivity contribution in [3.05, 3.63) is 35.6 Å². The molecule has 0 radical (unpaired) electrons. The number of halogens is 1. The smallest absolute Gasteiger partial charge is 0.303 e. The van der Waals surface area contributed by atoms with Crippen LogP contribution in [0, 0.1) is 17.7 Å². The summed E-state index contributed by atoms with van der Waals surface area (Å²) >= 11 is 0. The number of aliphatic carboxylic acids is 1. The van der Waals surface area contributed by atoms with E-state index in [1.54, 1.807) is 6.07 Å². The highest BCUT2D eigenvalue weighted by molar-refractivity contribution is 5.94. The third kappa shape index (κ3) is 5.38. The average molecular weight is 281 g/mol. The van der Waals surface area contributed by atoms with Gasteiger partial charge in [0, 0.05) is 13.0 Å². The standard InChI is InChI=1S/C15H20FNO3/c1-10(2)7-11(8-14(18)19)9-17-15(20)12-5-3-4-6-13(12)16/h3-6,10-11H,7-9H2,1-2H3,(H,17,20)(H,18,19)/t11-/m0/s1. The van der Waals surface area contributed by atoms with E-state index >= 15 is 0 Å². The number of carbonyl (C=O) groups excluding carboxylic acids is 1. The van der Waals surface area contributed by atoms with Crippen LogP contribution in [0.25, 0.3) is 0 Å². The summed E-state index contributed by atoms with van der Waals surface area (Å²) in [6.07, 6.45) is 0.694. The number of carboxylic acid groups (broad SMARTS) is 1. The number of amides is 1. The van der Waals surface area contributed by atoms with Crippen molar-refractivity contribution in [2.24, 2.45) is 11.8 Å². The number of hydrogen-bond donors (Lipinski definition) is 2. The highest BCUT2D eigenvalue weighted by atomic mass is 19.1. The molecule has 1 aromatic rings. The molecule has 0 bridgehead atoms. The van der Waals surface area contributed by atoms with Crippen LogP contribution in [0.15, 0.2) is 24.3 Å². The van der Waals surface area contributed by atoms with Gasteiger partial charge in [-0.25, -0.2) is 4.39 Å². The fourth-order valence-corrected chi connectivity index (χ4v) is 2.13. The summed E-state index contributed by atoms with van der Waals surface area (Å²) in [6.45, 7) is 4.22. The minimum Gasteiger partial charge on any atom is -0.481 e. The molecule has 2 N–H and O–H groups in total. The molecule has 20 heavy (non-hydrogen) atoms. The third-order valence-corrected chi connectivity index (χ3v) is 2.94. The van der Waals surface area contributed by atoms with Crippen LogP contribution in [0.2, 0.25) is 0 Å². The van der Waals surface area contributed by atoms with Crippen molar-refractivity contribution in [2.75, 3.05) is 6.54 Å². The maximum atomic E-state index is 13.4. The van der Waals surface area contributed by atoms with Gasteiger partial charge in [-0.2, -0.15) is 0 Å². The van der Waals surface area contributed by atoms with E-state index < -0.39 is 17.7 Å². The van der Waals surface area contributed by atoms with Crippen molar-refractivity contribution in [2.45, 2.75) is 26.7 Å². The van der Waals surface area contributed by atoms with E-state index in [1.807, 2.05) is 13.8 Å². The quantitative estimate of drug-likeness (QED) is 0.807. The third-order valence-electron chi connectivity index (χ3n) is 2.94. The Morgan fingerprint density at radius 2 is 1.95 bits per heavy atom. The molecule has 0 saturated carbocycles. The van der Waals surface area contributed by atoms with Gasteiger partial charge in [0.05, 0.1) is 5.56 Å². The first-order valence-corrected chi connectivity index (χ1v) is 6.64. The Kier molecular flexibility index (Phi) is 6.15. The van der Waals surface area contributed by atoms with Crippen molar-refractivity contribution < 1.29 is 19.1 Å². The van der Waals surface area contributed by atoms with Crippen LogP contribution < -0.4 is 5.32 Å². The Bertz CT molecular complexity index is 474. The summed E-state index contributed by atoms with van der Waals surface area (Å²) in [7, 11) is 0. The lowest BCUT2D eigenvalue weighted by molar-refractivity contribution is -0.138. The molecule has 1 amide bonds. The van der Waals surface area contributed by atoms with Crippen LogP contribution in [0.5, 0.6) is 0 Å². The first kappa shape index (κ1) is 16.1. The first-order chi connectivity index (χ1) is 9.40. The fourth-order valence-electron chi connectivity index (χ4n) is 2.13. The molecule has 5 heteroatoms. The molecule has 0 saturated heterocycles. The Morgan fingerprint density at radius 1 is 1.30 bits per heavy atom. The lowest BCUT2D eigenvalue weighted by atomic mass is 9.94. The van der Waals surface area contributed by atoms with Gasteiger partial charge in [-0.15, -0.1) is 0 Å². The zero-order valence-electron chi connectivity index (χ0n) is 11.7. The van der Waals surface area contributed by atoms with Gasteiger partial charge in [-0.05, 0) is 30.4 Å². The van der Waals surface area contributed by atoms with Gasteiger partial charge in [0.2, 0.25) is 0 Å². The van der Waals surface area contributed by atoms with Gasteiger partial charge in [-0.1, -0.05) is 26.0 Å². The normalized spacial score (nSPS) is 12.2. The Balaban J connectivity index is 2.60. The van der Waals surface area contributed by atoms with Gasteiger partial charge in [0.25, 0.3) is 5.91 Å². The molecule has 0 fully saturated rings. The summed E-state index contributed by atoms with van der Waals surface area (Å²) in [6, 6.07) is 5.72. The number of hydrogen-bond acceptors (Lipinski definition) is 2. The number of carboxylic acids is 1. The summed E-state index contributed by atoms with van der Waals surface area (Å²) in [5.41, 5.74) is -0.0221. The minimum absolute atomic E-state index is 0.00423. The molecule has 110 valence electrons. The molecule has 0 aromatic heterocycles. The van der Waals surface area contributed by atoms with E-state index in [-0.39, 0.29) is 24.4 Å². The Hall–Kier alpha value is -1.91. The second-order valence-corrected chi connectivity index (χ2v) is 5.28. The lowest BCUT2D eigenvalue weighted by Gasteiger charge is -2.17. The zero-order valence-corrected chi connectivity index (χ0v) is 11.7. The molecule has 0 aliphatic rings. The second kappa shape index (κ2) is 7.62. The fraction of sp³-hybridized carbons (Fsp3) is 0.467. The van der Waals surface area contributed by atoms with Gasteiger partial charge in [0.1, 0.15) is 5.82 Å². The van der Waals surface area contributed by atoms with Crippen molar-refractivity contribution >= 4 is 11.9 Å². The molecule has 1 rings (SSSR count). The molecule has 0 heterocycles. The zero-order chi connectivity index (χ0) is 15.1. The SMILES string of the molecule is CC(C)C[C@H](CNC(=O)c1ccccc1F)CC(=O)O. The van der Waals surface area contributed by atoms with Crippen LogP contribution in [0.3, 0.4) is 0 Å². The first-order valence-electron chi connectivity index (χ1n) is 6.64. The van der Waals surface area contributed by atoms with Gasteiger partial charge < -0.3 is 10.4 Å². The van der Waals surface area contributed by atoms with E-state index in [2.05, 4.69) is 5.32 Å². The maximum Gasteiger partial charge on any atom is 0.303 e. The van der Waals surface area contributed by atoms with Crippen molar-refractivity contribution in [3.8, 4) is 0 Å². The second-order valence-electron chi connectivity index (χ2n) is 5.28. The van der Waals surface area contributed by atoms with Crippen molar-refractivity contribution in [1.29, 1.82) is 0 Å². The summed E-state index contributed by atoms with van der Waals surface area (Å²) in [5, 5.41) is 11.5. The molecule has 0 spiro atoms. The van der Waals surface area contributed by atoms with E-state index in [0.29, 0.717) is 12.3 Å². The highest BCUT2D eigenvalue weighted by Crippen LogP contribution is 2.15. The number of rotatable bonds is 7. The molecule has 1 aromatic carbocycles. The maximum absolute atomic E-state index is 13.4. The number of benzene rings is 1. The van der Waals surface area contributed by atoms with Gasteiger partial charge >= 0.3 is 5.97 Å². The van der Waals surface area contributed by atoms with Crippen LogP contribution in [0.1, 0.15) is 37.0 Å². The largest absolute Gasteiger partial charge is 0.481 e. The molecule has 0 aliphatic heterocycles. The van der Waals surface area contributed by atoms with Crippen LogP contribution in [-0.2, 0) is 4.79 Å². The number of nitrogens with one attached hydrogen (secondary N) is 1.